The quantitative estimate of drug-likeness (QED) is 0.519. The Morgan fingerprint density at radius 2 is 1.86 bits per heavy atom. The van der Waals surface area contributed by atoms with Crippen LogP contribution in [0.25, 0.3) is 0 Å². The molecule has 78 valence electrons. The van der Waals surface area contributed by atoms with E-state index in [4.69, 9.17) is 10.5 Å². The van der Waals surface area contributed by atoms with E-state index in [-0.39, 0.29) is 0 Å². The normalized spacial score (nSPS) is 12.6. The van der Waals surface area contributed by atoms with E-state index in [1.54, 1.807) is 0 Å². The Kier molecular flexibility index (Phi) is 7.56. The zero-order chi connectivity index (χ0) is 10.8. The molecule has 2 N–H and O–H groups in total. The van der Waals surface area contributed by atoms with Crippen molar-refractivity contribution in [3.8, 4) is 0 Å². The zero-order valence-electron chi connectivity index (χ0n) is 8.99. The summed E-state index contributed by atoms with van der Waals surface area (Å²) >= 11 is 0. The van der Waals surface area contributed by atoms with Crippen LogP contribution in [0.15, 0.2) is 48.3 Å². The first-order chi connectivity index (χ1) is 6.74. The Hall–Kier alpha value is -1.28. The fourth-order valence-corrected chi connectivity index (χ4v) is 0.954. The van der Waals surface area contributed by atoms with Gasteiger partial charge in [-0.1, -0.05) is 30.9 Å². The van der Waals surface area contributed by atoms with E-state index in [1.807, 2.05) is 44.2 Å². The summed E-state index contributed by atoms with van der Waals surface area (Å²) in [5.74, 6) is 0.640. The summed E-state index contributed by atoms with van der Waals surface area (Å²) in [6.07, 6.45) is 9.83. The molecule has 0 fully saturated rings. The van der Waals surface area contributed by atoms with Crippen molar-refractivity contribution < 1.29 is 4.74 Å². The Bertz CT molecular complexity index is 235. The van der Waals surface area contributed by atoms with Gasteiger partial charge in [0.2, 0.25) is 0 Å². The summed E-state index contributed by atoms with van der Waals surface area (Å²) in [4.78, 5) is 0. The second-order valence-corrected chi connectivity index (χ2v) is 2.75. The molecule has 0 rings (SSSR count). The summed E-state index contributed by atoms with van der Waals surface area (Å²) in [6, 6.07) is 0. The zero-order valence-corrected chi connectivity index (χ0v) is 8.99. The van der Waals surface area contributed by atoms with Gasteiger partial charge in [-0.2, -0.15) is 0 Å². The van der Waals surface area contributed by atoms with Crippen molar-refractivity contribution in [2.45, 2.75) is 13.8 Å². The summed E-state index contributed by atoms with van der Waals surface area (Å²) in [5, 5.41) is 0. The van der Waals surface area contributed by atoms with Gasteiger partial charge in [0.1, 0.15) is 12.4 Å². The number of allylic oxidation sites excluding steroid dienone is 6. The molecule has 0 atom stereocenters. The molecule has 0 spiro atoms. The first-order valence-corrected chi connectivity index (χ1v) is 4.73. The molecule has 14 heavy (non-hydrogen) atoms. The highest BCUT2D eigenvalue weighted by Crippen LogP contribution is 2.05. The number of hydrogen-bond acceptors (Lipinski definition) is 2. The fourth-order valence-electron chi connectivity index (χ4n) is 0.954. The highest BCUT2D eigenvalue weighted by molar-refractivity contribution is 5.34. The van der Waals surface area contributed by atoms with Gasteiger partial charge in [-0.25, -0.2) is 0 Å². The molecule has 0 saturated carbocycles. The summed E-state index contributed by atoms with van der Waals surface area (Å²) < 4.78 is 5.25. The van der Waals surface area contributed by atoms with Crippen LogP contribution in [-0.4, -0.2) is 13.2 Å². The predicted octanol–water partition coefficient (Wildman–Crippen LogP) is 2.55. The van der Waals surface area contributed by atoms with Gasteiger partial charge in [0.25, 0.3) is 0 Å². The Balaban J connectivity index is 4.32. The van der Waals surface area contributed by atoms with Crippen molar-refractivity contribution in [1.82, 2.24) is 0 Å². The van der Waals surface area contributed by atoms with Crippen LogP contribution in [0.2, 0.25) is 0 Å². The summed E-state index contributed by atoms with van der Waals surface area (Å²) in [6.45, 7) is 8.74. The molecule has 0 aromatic rings. The first kappa shape index (κ1) is 12.7. The van der Waals surface area contributed by atoms with Crippen LogP contribution in [0.5, 0.6) is 0 Å². The third kappa shape index (κ3) is 6.26. The lowest BCUT2D eigenvalue weighted by Gasteiger charge is -2.03. The van der Waals surface area contributed by atoms with Gasteiger partial charge in [-0.3, -0.25) is 0 Å². The van der Waals surface area contributed by atoms with Crippen molar-refractivity contribution in [1.29, 1.82) is 0 Å². The molecule has 2 nitrogen and oxygen atoms in total. The minimum Gasteiger partial charge on any atom is -0.493 e. The number of ether oxygens (including phenoxy) is 1. The molecule has 0 amide bonds. The maximum atomic E-state index is 5.31. The Morgan fingerprint density at radius 3 is 2.29 bits per heavy atom. The second-order valence-electron chi connectivity index (χ2n) is 2.75. The predicted molar refractivity (Wildman–Crippen MR) is 61.9 cm³/mol. The second kappa shape index (κ2) is 8.32. The largest absolute Gasteiger partial charge is 0.493 e. The highest BCUT2D eigenvalue weighted by Gasteiger charge is 1.90. The molecular weight excluding hydrogens is 174 g/mol. The molecule has 0 bridgehead atoms. The lowest BCUT2D eigenvalue weighted by Crippen LogP contribution is -2.07. The van der Waals surface area contributed by atoms with Crippen LogP contribution in [0.3, 0.4) is 0 Å². The molecule has 0 saturated heterocycles. The lowest BCUT2D eigenvalue weighted by molar-refractivity contribution is 0.235. The summed E-state index contributed by atoms with van der Waals surface area (Å²) in [5.41, 5.74) is 6.38. The molecule has 0 aromatic carbocycles. The molecular formula is C12H19NO. The van der Waals surface area contributed by atoms with Crippen molar-refractivity contribution >= 4 is 0 Å². The Morgan fingerprint density at radius 1 is 1.29 bits per heavy atom. The van der Waals surface area contributed by atoms with Gasteiger partial charge in [-0.15, -0.1) is 0 Å². The van der Waals surface area contributed by atoms with Gasteiger partial charge in [-0.05, 0) is 25.5 Å². The average Bonchev–Trinajstić information content (AvgIpc) is 2.15. The highest BCUT2D eigenvalue weighted by atomic mass is 16.5. The molecule has 0 aromatic heterocycles. The van der Waals surface area contributed by atoms with Crippen molar-refractivity contribution in [3.63, 3.8) is 0 Å². The molecule has 0 aliphatic rings. The maximum absolute atomic E-state index is 5.31. The minimum absolute atomic E-state index is 0.508. The van der Waals surface area contributed by atoms with Crippen LogP contribution < -0.4 is 5.73 Å². The number of rotatable bonds is 6. The smallest absolute Gasteiger partial charge is 0.112 e. The van der Waals surface area contributed by atoms with Gasteiger partial charge in [0.05, 0.1) is 0 Å². The standard InChI is InChI=1S/C12H19NO/c1-4-6-12(7-5-2)10-11(3)14-9-8-13/h4-7,10H,3,8-9,13H2,1-2H3/b6-4-,7-5+,12-10?. The third-order valence-electron chi connectivity index (χ3n) is 1.45. The lowest BCUT2D eigenvalue weighted by atomic mass is 10.2. The van der Waals surface area contributed by atoms with E-state index in [9.17, 15) is 0 Å². The first-order valence-electron chi connectivity index (χ1n) is 4.73. The SMILES string of the molecule is C=C(C=C(/C=C\C)/C=C/C)OCCN. The van der Waals surface area contributed by atoms with E-state index in [0.29, 0.717) is 18.9 Å². The van der Waals surface area contributed by atoms with Crippen LogP contribution in [0, 0.1) is 0 Å². The van der Waals surface area contributed by atoms with E-state index < -0.39 is 0 Å². The molecule has 0 aliphatic heterocycles. The van der Waals surface area contributed by atoms with E-state index in [1.165, 1.54) is 0 Å². The van der Waals surface area contributed by atoms with E-state index >= 15 is 0 Å². The third-order valence-corrected chi connectivity index (χ3v) is 1.45. The van der Waals surface area contributed by atoms with Gasteiger partial charge >= 0.3 is 0 Å². The number of nitrogens with two attached hydrogens (primary N) is 1. The van der Waals surface area contributed by atoms with E-state index in [2.05, 4.69) is 6.58 Å². The van der Waals surface area contributed by atoms with Crippen molar-refractivity contribution in [2.75, 3.05) is 13.2 Å². The summed E-state index contributed by atoms with van der Waals surface area (Å²) in [7, 11) is 0. The number of hydrogen-bond donors (Lipinski definition) is 1. The molecule has 0 aliphatic carbocycles. The molecule has 2 heteroatoms. The van der Waals surface area contributed by atoms with Gasteiger partial charge < -0.3 is 10.5 Å². The fraction of sp³-hybridized carbons (Fsp3) is 0.333. The monoisotopic (exact) mass is 193 g/mol. The van der Waals surface area contributed by atoms with Crippen LogP contribution >= 0.6 is 0 Å². The molecule has 0 unspecified atom stereocenters. The van der Waals surface area contributed by atoms with Gasteiger partial charge in [0.15, 0.2) is 0 Å². The van der Waals surface area contributed by atoms with Crippen LogP contribution in [0.4, 0.5) is 0 Å². The van der Waals surface area contributed by atoms with Crippen LogP contribution in [0.1, 0.15) is 13.8 Å². The minimum atomic E-state index is 0.508. The maximum Gasteiger partial charge on any atom is 0.112 e. The average molecular weight is 193 g/mol. The van der Waals surface area contributed by atoms with Crippen molar-refractivity contribution in [2.24, 2.45) is 5.73 Å². The van der Waals surface area contributed by atoms with Crippen LogP contribution in [-0.2, 0) is 4.74 Å². The topological polar surface area (TPSA) is 35.2 Å². The molecule has 0 radical (unpaired) electrons. The molecule has 0 heterocycles. The van der Waals surface area contributed by atoms with Gasteiger partial charge in [0, 0.05) is 6.54 Å². The Labute approximate surface area is 86.4 Å². The van der Waals surface area contributed by atoms with E-state index in [0.717, 1.165) is 5.57 Å². The van der Waals surface area contributed by atoms with Crippen molar-refractivity contribution in [3.05, 3.63) is 48.3 Å².